The summed E-state index contributed by atoms with van der Waals surface area (Å²) in [5.74, 6) is -0.0539. The second-order valence-electron chi connectivity index (χ2n) is 4.94. The van der Waals surface area contributed by atoms with E-state index in [-0.39, 0.29) is 25.0 Å². The number of nitrogens with one attached hydrogen (secondary N) is 1. The molecule has 2 aliphatic heterocycles. The van der Waals surface area contributed by atoms with Crippen LogP contribution in [0.2, 0.25) is 0 Å². The predicted octanol–water partition coefficient (Wildman–Crippen LogP) is -0.413. The number of β-amino-alcohol motifs (C(OH)–C–C–N with tert-alkyl or cyclic N) is 2. The van der Waals surface area contributed by atoms with Crippen LogP contribution in [0.4, 0.5) is 5.69 Å². The number of benzene rings is 1. The molecule has 3 atom stereocenters. The molecule has 5 heteroatoms. The second kappa shape index (κ2) is 4.26. The number of likely N-dealkylation sites (tertiary alicyclic amines) is 1. The van der Waals surface area contributed by atoms with Gasteiger partial charge in [0.1, 0.15) is 6.04 Å². The molecule has 5 nitrogen and oxygen atoms in total. The minimum atomic E-state index is -0.822. The van der Waals surface area contributed by atoms with Gasteiger partial charge >= 0.3 is 0 Å². The van der Waals surface area contributed by atoms with Crippen molar-refractivity contribution in [1.29, 1.82) is 0 Å². The number of nitrogens with zero attached hydrogens (tertiary/aromatic N) is 1. The fourth-order valence-corrected chi connectivity index (χ4v) is 2.62. The Bertz CT molecular complexity index is 442. The van der Waals surface area contributed by atoms with Gasteiger partial charge in [0.2, 0.25) is 5.91 Å². The third-order valence-corrected chi connectivity index (χ3v) is 3.64. The lowest BCUT2D eigenvalue weighted by Crippen LogP contribution is -2.41. The number of rotatable bonds is 1. The van der Waals surface area contributed by atoms with Crippen LogP contribution >= 0.6 is 0 Å². The molecule has 0 spiro atoms. The highest BCUT2D eigenvalue weighted by Crippen LogP contribution is 2.26. The van der Waals surface area contributed by atoms with Gasteiger partial charge in [-0.15, -0.1) is 0 Å². The number of fused-ring (bicyclic) bond motifs is 1. The maximum absolute atomic E-state index is 12.2. The van der Waals surface area contributed by atoms with E-state index in [1.54, 1.807) is 0 Å². The molecule has 1 aromatic rings. The average Bonchev–Trinajstić information content (AvgIpc) is 2.93. The van der Waals surface area contributed by atoms with E-state index in [1.807, 2.05) is 24.3 Å². The minimum absolute atomic E-state index is 0.0539. The number of aliphatic hydroxyl groups is 2. The monoisotopic (exact) mass is 248 g/mol. The zero-order valence-electron chi connectivity index (χ0n) is 9.91. The van der Waals surface area contributed by atoms with Gasteiger partial charge in [0.25, 0.3) is 0 Å². The first-order valence-electron chi connectivity index (χ1n) is 6.14. The van der Waals surface area contributed by atoms with Crippen molar-refractivity contribution in [2.24, 2.45) is 0 Å². The Morgan fingerprint density at radius 1 is 1.22 bits per heavy atom. The maximum atomic E-state index is 12.2. The van der Waals surface area contributed by atoms with Gasteiger partial charge in [-0.3, -0.25) is 4.79 Å². The number of hydrogen-bond acceptors (Lipinski definition) is 4. The average molecular weight is 248 g/mol. The molecule has 1 aromatic carbocycles. The lowest BCUT2D eigenvalue weighted by Gasteiger charge is -2.20. The Hall–Kier alpha value is -1.59. The topological polar surface area (TPSA) is 72.8 Å². The number of aliphatic hydroxyl groups excluding tert-OH is 2. The second-order valence-corrected chi connectivity index (χ2v) is 4.94. The predicted molar refractivity (Wildman–Crippen MR) is 66.2 cm³/mol. The quantitative estimate of drug-likeness (QED) is 0.631. The fourth-order valence-electron chi connectivity index (χ4n) is 2.62. The summed E-state index contributed by atoms with van der Waals surface area (Å²) in [4.78, 5) is 13.8. The van der Waals surface area contributed by atoms with Gasteiger partial charge in [0.15, 0.2) is 0 Å². The first-order chi connectivity index (χ1) is 8.65. The van der Waals surface area contributed by atoms with Gasteiger partial charge in [-0.05, 0) is 11.6 Å². The van der Waals surface area contributed by atoms with Gasteiger partial charge in [-0.1, -0.05) is 18.2 Å². The van der Waals surface area contributed by atoms with Crippen LogP contribution in [-0.2, 0) is 11.2 Å². The Morgan fingerprint density at radius 2 is 1.89 bits per heavy atom. The summed E-state index contributed by atoms with van der Waals surface area (Å²) in [5.41, 5.74) is 2.13. The minimum Gasteiger partial charge on any atom is -0.388 e. The molecule has 1 unspecified atom stereocenters. The molecule has 18 heavy (non-hydrogen) atoms. The van der Waals surface area contributed by atoms with Gasteiger partial charge in [0.05, 0.1) is 12.2 Å². The normalized spacial score (nSPS) is 30.1. The van der Waals surface area contributed by atoms with Crippen LogP contribution < -0.4 is 5.32 Å². The Balaban J connectivity index is 1.70. The maximum Gasteiger partial charge on any atom is 0.245 e. The third kappa shape index (κ3) is 1.85. The van der Waals surface area contributed by atoms with Crippen LogP contribution in [0.1, 0.15) is 5.56 Å². The number of para-hydroxylation sites is 1. The highest BCUT2D eigenvalue weighted by Gasteiger charge is 2.37. The van der Waals surface area contributed by atoms with Crippen LogP contribution in [0.5, 0.6) is 0 Å². The van der Waals surface area contributed by atoms with Crippen molar-refractivity contribution in [2.75, 3.05) is 18.4 Å². The van der Waals surface area contributed by atoms with Crippen molar-refractivity contribution in [2.45, 2.75) is 24.7 Å². The number of hydrogen-bond donors (Lipinski definition) is 3. The van der Waals surface area contributed by atoms with Crippen LogP contribution in [0.25, 0.3) is 0 Å². The molecular weight excluding hydrogens is 232 g/mol. The lowest BCUT2D eigenvalue weighted by molar-refractivity contribution is -0.131. The van der Waals surface area contributed by atoms with Gasteiger partial charge < -0.3 is 20.4 Å². The molecule has 96 valence electrons. The van der Waals surface area contributed by atoms with Gasteiger partial charge in [-0.25, -0.2) is 0 Å². The Morgan fingerprint density at radius 3 is 2.56 bits per heavy atom. The first-order valence-corrected chi connectivity index (χ1v) is 6.14. The lowest BCUT2D eigenvalue weighted by atomic mass is 10.1. The Kier molecular flexibility index (Phi) is 2.72. The van der Waals surface area contributed by atoms with E-state index in [1.165, 1.54) is 4.90 Å². The molecule has 1 saturated heterocycles. The highest BCUT2D eigenvalue weighted by atomic mass is 16.3. The van der Waals surface area contributed by atoms with Crippen molar-refractivity contribution in [1.82, 2.24) is 4.90 Å². The van der Waals surface area contributed by atoms with E-state index < -0.39 is 12.2 Å². The summed E-state index contributed by atoms with van der Waals surface area (Å²) >= 11 is 0. The molecule has 0 aliphatic carbocycles. The molecule has 3 N–H and O–H groups in total. The van der Waals surface area contributed by atoms with E-state index in [0.29, 0.717) is 6.42 Å². The van der Waals surface area contributed by atoms with Gasteiger partial charge in [-0.2, -0.15) is 0 Å². The Labute approximate surface area is 105 Å². The zero-order valence-corrected chi connectivity index (χ0v) is 9.91. The van der Waals surface area contributed by atoms with Crippen molar-refractivity contribution >= 4 is 11.6 Å². The van der Waals surface area contributed by atoms with Crippen LogP contribution in [-0.4, -0.2) is 52.4 Å². The zero-order chi connectivity index (χ0) is 12.7. The number of carbonyl (C=O) groups is 1. The highest BCUT2D eigenvalue weighted by molar-refractivity contribution is 5.87. The third-order valence-electron chi connectivity index (χ3n) is 3.64. The summed E-state index contributed by atoms with van der Waals surface area (Å²) in [6.45, 7) is 0.434. The van der Waals surface area contributed by atoms with E-state index in [2.05, 4.69) is 5.32 Å². The van der Waals surface area contributed by atoms with Crippen molar-refractivity contribution in [3.8, 4) is 0 Å². The standard InChI is InChI=1S/C13H16N2O3/c16-11-6-15(7-12(11)17)13(18)10-5-8-3-1-2-4-9(8)14-10/h1-4,10-12,14,16-17H,5-7H2/t10?,11-,12+. The summed E-state index contributed by atoms with van der Waals surface area (Å²) in [6, 6.07) is 7.57. The van der Waals surface area contributed by atoms with Crippen LogP contribution in [0.3, 0.4) is 0 Å². The van der Waals surface area contributed by atoms with E-state index >= 15 is 0 Å². The fraction of sp³-hybridized carbons (Fsp3) is 0.462. The summed E-state index contributed by atoms with van der Waals surface area (Å²) in [7, 11) is 0. The van der Waals surface area contributed by atoms with E-state index in [4.69, 9.17) is 0 Å². The molecular formula is C13H16N2O3. The van der Waals surface area contributed by atoms with Gasteiger partial charge in [0, 0.05) is 25.2 Å². The van der Waals surface area contributed by atoms with E-state index in [0.717, 1.165) is 11.3 Å². The van der Waals surface area contributed by atoms with Crippen LogP contribution in [0, 0.1) is 0 Å². The molecule has 1 amide bonds. The summed E-state index contributed by atoms with van der Waals surface area (Å²) in [5, 5.41) is 22.1. The molecule has 1 fully saturated rings. The molecule has 0 aromatic heterocycles. The van der Waals surface area contributed by atoms with Crippen molar-refractivity contribution in [3.63, 3.8) is 0 Å². The molecule has 0 radical (unpaired) electrons. The van der Waals surface area contributed by atoms with E-state index in [9.17, 15) is 15.0 Å². The first kappa shape index (κ1) is 11.5. The number of amides is 1. The SMILES string of the molecule is O=C(C1Cc2ccccc2N1)N1C[C@@H](O)[C@@H](O)C1. The molecule has 2 aliphatic rings. The molecule has 0 bridgehead atoms. The van der Waals surface area contributed by atoms with Crippen molar-refractivity contribution in [3.05, 3.63) is 29.8 Å². The molecule has 2 heterocycles. The largest absolute Gasteiger partial charge is 0.388 e. The summed E-state index contributed by atoms with van der Waals surface area (Å²) in [6.07, 6.45) is -0.979. The van der Waals surface area contributed by atoms with Crippen molar-refractivity contribution < 1.29 is 15.0 Å². The molecule has 0 saturated carbocycles. The number of anilines is 1. The molecule has 3 rings (SSSR count). The summed E-state index contributed by atoms with van der Waals surface area (Å²) < 4.78 is 0. The number of carbonyl (C=O) groups excluding carboxylic acids is 1. The van der Waals surface area contributed by atoms with Crippen LogP contribution in [0.15, 0.2) is 24.3 Å². The smallest absolute Gasteiger partial charge is 0.245 e.